The van der Waals surface area contributed by atoms with Gasteiger partial charge in [0.25, 0.3) is 5.91 Å². The first kappa shape index (κ1) is 10.2. The van der Waals surface area contributed by atoms with Gasteiger partial charge in [0.1, 0.15) is 11.4 Å². The highest BCUT2D eigenvalue weighted by molar-refractivity contribution is 6.13. The lowest BCUT2D eigenvalue weighted by Gasteiger charge is -2.19. The van der Waals surface area contributed by atoms with Gasteiger partial charge in [0, 0.05) is 12.1 Å². The number of benzene rings is 1. The van der Waals surface area contributed by atoms with Crippen molar-refractivity contribution in [1.82, 2.24) is 4.84 Å². The molecular weight excluding hydrogens is 223 g/mol. The zero-order valence-corrected chi connectivity index (χ0v) is 8.40. The van der Waals surface area contributed by atoms with Crippen LogP contribution in [0.4, 0.5) is 10.1 Å². The molecule has 0 aromatic heterocycles. The summed E-state index contributed by atoms with van der Waals surface area (Å²) in [6.45, 7) is 0.0933. The van der Waals surface area contributed by atoms with Gasteiger partial charge in [-0.3, -0.25) is 4.79 Å². The molecule has 1 aromatic carbocycles. The lowest BCUT2D eigenvalue weighted by molar-refractivity contribution is -0.118. The number of halogens is 2. The highest BCUT2D eigenvalue weighted by Gasteiger charge is 2.21. The minimum atomic E-state index is -0.520. The maximum absolute atomic E-state index is 13.7. The van der Waals surface area contributed by atoms with Crippen molar-refractivity contribution in [3.63, 3.8) is 0 Å². The van der Waals surface area contributed by atoms with Crippen LogP contribution in [0.3, 0.4) is 0 Å². The molecule has 0 saturated heterocycles. The van der Waals surface area contributed by atoms with E-state index in [-0.39, 0.29) is 24.7 Å². The number of anilines is 1. The molecule has 0 fully saturated rings. The first-order valence-corrected chi connectivity index (χ1v) is 4.67. The molecule has 4 nitrogen and oxygen atoms in total. The predicted molar refractivity (Wildman–Crippen MR) is 53.2 cm³/mol. The summed E-state index contributed by atoms with van der Waals surface area (Å²) >= 11 is 5.28. The zero-order chi connectivity index (χ0) is 10.8. The Labute approximate surface area is 90.5 Å². The molecule has 80 valence electrons. The van der Waals surface area contributed by atoms with E-state index in [0.717, 1.165) is 0 Å². The van der Waals surface area contributed by atoms with Gasteiger partial charge in [-0.05, 0) is 17.8 Å². The summed E-state index contributed by atoms with van der Waals surface area (Å²) in [4.78, 5) is 13.3. The summed E-state index contributed by atoms with van der Waals surface area (Å²) in [6, 6.07) is 3.16. The second-order valence-electron chi connectivity index (χ2n) is 3.06. The molecule has 0 saturated carbocycles. The van der Waals surface area contributed by atoms with Gasteiger partial charge in [-0.2, -0.15) is 0 Å². The van der Waals surface area contributed by atoms with Gasteiger partial charge in [-0.25, -0.2) is 9.23 Å². The number of ether oxygens (including phenoxy) is 1. The van der Waals surface area contributed by atoms with Gasteiger partial charge in [-0.15, -0.1) is 0 Å². The van der Waals surface area contributed by atoms with Crippen LogP contribution in [-0.2, 0) is 11.3 Å². The van der Waals surface area contributed by atoms with Gasteiger partial charge in [0.2, 0.25) is 0 Å². The summed E-state index contributed by atoms with van der Waals surface area (Å²) in [6.07, 6.45) is 0. The Bertz CT molecular complexity index is 411. The van der Waals surface area contributed by atoms with E-state index in [1.54, 1.807) is 12.1 Å². The van der Waals surface area contributed by atoms with E-state index in [1.807, 2.05) is 0 Å². The molecule has 0 radical (unpaired) electrons. The average Bonchev–Trinajstić information content (AvgIpc) is 2.23. The van der Waals surface area contributed by atoms with E-state index >= 15 is 0 Å². The fourth-order valence-electron chi connectivity index (χ4n) is 1.37. The molecule has 2 rings (SSSR count). The smallest absolute Gasteiger partial charge is 0.262 e. The molecule has 1 heterocycles. The topological polar surface area (TPSA) is 50.4 Å². The van der Waals surface area contributed by atoms with Gasteiger partial charge in [0.15, 0.2) is 12.4 Å². The third-order valence-corrected chi connectivity index (χ3v) is 2.20. The maximum Gasteiger partial charge on any atom is 0.262 e. The van der Waals surface area contributed by atoms with Crippen LogP contribution in [0, 0.1) is 5.82 Å². The van der Waals surface area contributed by atoms with Crippen LogP contribution >= 0.6 is 11.8 Å². The summed E-state index contributed by atoms with van der Waals surface area (Å²) in [5.41, 5.74) is 0.449. The van der Waals surface area contributed by atoms with Crippen LogP contribution in [0.2, 0.25) is 0 Å². The average molecular weight is 231 g/mol. The predicted octanol–water partition coefficient (Wildman–Crippen LogP) is 1.40. The number of amides is 1. The third kappa shape index (κ3) is 1.88. The van der Waals surface area contributed by atoms with E-state index in [0.29, 0.717) is 11.3 Å². The molecule has 1 aromatic rings. The Hall–Kier alpha value is -1.33. The van der Waals surface area contributed by atoms with Crippen molar-refractivity contribution < 1.29 is 13.9 Å². The highest BCUT2D eigenvalue weighted by atomic mass is 35.5. The van der Waals surface area contributed by atoms with Crippen molar-refractivity contribution in [1.29, 1.82) is 0 Å². The molecular formula is C9H8ClFN2O2. The standard InChI is InChI=1S/C9H8ClFN2O2/c10-12-3-5-1-2-6-9(8(5)11)13-7(14)4-15-6/h1-2,12H,3-4H2,(H,13,14). The van der Waals surface area contributed by atoms with E-state index in [9.17, 15) is 9.18 Å². The lowest BCUT2D eigenvalue weighted by Crippen LogP contribution is -2.26. The van der Waals surface area contributed by atoms with Gasteiger partial charge < -0.3 is 10.1 Å². The van der Waals surface area contributed by atoms with Crippen LogP contribution < -0.4 is 14.9 Å². The zero-order valence-electron chi connectivity index (χ0n) is 7.64. The Morgan fingerprint density at radius 3 is 3.13 bits per heavy atom. The van der Waals surface area contributed by atoms with Crippen LogP contribution in [0.5, 0.6) is 5.75 Å². The number of rotatable bonds is 2. The molecule has 0 unspecified atom stereocenters. The number of nitrogens with one attached hydrogen (secondary N) is 2. The fraction of sp³-hybridized carbons (Fsp3) is 0.222. The van der Waals surface area contributed by atoms with Crippen molar-refractivity contribution in [2.75, 3.05) is 11.9 Å². The van der Waals surface area contributed by atoms with Crippen LogP contribution in [0.25, 0.3) is 0 Å². The second kappa shape index (κ2) is 4.04. The quantitative estimate of drug-likeness (QED) is 0.755. The van der Waals surface area contributed by atoms with Crippen molar-refractivity contribution in [2.45, 2.75) is 6.54 Å². The Balaban J connectivity index is 2.41. The molecule has 0 aliphatic carbocycles. The van der Waals surface area contributed by atoms with Crippen molar-refractivity contribution in [2.24, 2.45) is 0 Å². The van der Waals surface area contributed by atoms with Crippen LogP contribution in [0.15, 0.2) is 12.1 Å². The Kier molecular flexibility index (Phi) is 2.75. The summed E-state index contributed by atoms with van der Waals surface area (Å²) in [7, 11) is 0. The van der Waals surface area contributed by atoms with Gasteiger partial charge >= 0.3 is 0 Å². The van der Waals surface area contributed by atoms with E-state index < -0.39 is 5.82 Å². The van der Waals surface area contributed by atoms with E-state index in [4.69, 9.17) is 16.5 Å². The molecule has 6 heteroatoms. The number of fused-ring (bicyclic) bond motifs is 1. The maximum atomic E-state index is 13.7. The van der Waals surface area contributed by atoms with Gasteiger partial charge in [-0.1, -0.05) is 6.07 Å². The van der Waals surface area contributed by atoms with Crippen molar-refractivity contribution in [3.05, 3.63) is 23.5 Å². The molecule has 2 N–H and O–H groups in total. The third-order valence-electron chi connectivity index (χ3n) is 2.06. The van der Waals surface area contributed by atoms with Gasteiger partial charge in [0.05, 0.1) is 0 Å². The second-order valence-corrected chi connectivity index (χ2v) is 3.33. The lowest BCUT2D eigenvalue weighted by atomic mass is 10.1. The van der Waals surface area contributed by atoms with E-state index in [2.05, 4.69) is 10.2 Å². The molecule has 1 aliphatic rings. The molecule has 0 spiro atoms. The number of hydrogen-bond donors (Lipinski definition) is 2. The largest absolute Gasteiger partial charge is 0.481 e. The summed E-state index contributed by atoms with van der Waals surface area (Å²) in [5, 5.41) is 2.42. The molecule has 0 bridgehead atoms. The molecule has 0 atom stereocenters. The minimum absolute atomic E-state index is 0.0793. The van der Waals surface area contributed by atoms with Crippen molar-refractivity contribution in [3.8, 4) is 5.75 Å². The fourth-order valence-corrected chi connectivity index (χ4v) is 1.51. The summed E-state index contributed by atoms with van der Waals surface area (Å²) < 4.78 is 18.8. The molecule has 1 aliphatic heterocycles. The Morgan fingerprint density at radius 1 is 1.60 bits per heavy atom. The Morgan fingerprint density at radius 2 is 2.40 bits per heavy atom. The number of hydrogen-bond acceptors (Lipinski definition) is 3. The highest BCUT2D eigenvalue weighted by Crippen LogP contribution is 2.32. The normalized spacial score (nSPS) is 14.1. The van der Waals surface area contributed by atoms with Crippen molar-refractivity contribution >= 4 is 23.4 Å². The molecule has 1 amide bonds. The first-order chi connectivity index (χ1) is 7.22. The SMILES string of the molecule is O=C1COc2ccc(CNCl)c(F)c2N1. The van der Waals surface area contributed by atoms with Crippen LogP contribution in [0.1, 0.15) is 5.56 Å². The first-order valence-electron chi connectivity index (χ1n) is 4.30. The molecule has 15 heavy (non-hydrogen) atoms. The minimum Gasteiger partial charge on any atom is -0.481 e. The van der Waals surface area contributed by atoms with E-state index in [1.165, 1.54) is 0 Å². The number of carbonyl (C=O) groups is 1. The summed E-state index contributed by atoms with van der Waals surface area (Å²) in [5.74, 6) is -0.545. The monoisotopic (exact) mass is 230 g/mol. The van der Waals surface area contributed by atoms with Crippen LogP contribution in [-0.4, -0.2) is 12.5 Å². The number of carbonyl (C=O) groups excluding carboxylic acids is 1.